The van der Waals surface area contributed by atoms with Gasteiger partial charge in [0.1, 0.15) is 6.10 Å². The molecule has 200 valence electrons. The Morgan fingerprint density at radius 1 is 0.853 bits per heavy atom. The monoisotopic (exact) mass is 486 g/mol. The lowest BCUT2D eigenvalue weighted by Gasteiger charge is -2.39. The zero-order valence-electron chi connectivity index (χ0n) is 20.9. The van der Waals surface area contributed by atoms with Crippen molar-refractivity contribution < 1.29 is 30.3 Å². The van der Waals surface area contributed by atoms with Gasteiger partial charge in [0.05, 0.1) is 24.1 Å². The van der Waals surface area contributed by atoms with E-state index in [0.29, 0.717) is 38.8 Å². The first-order chi connectivity index (χ1) is 16.4. The fourth-order valence-corrected chi connectivity index (χ4v) is 5.50. The maximum absolute atomic E-state index is 10.7. The lowest BCUT2D eigenvalue weighted by Crippen LogP contribution is -2.49. The highest BCUT2D eigenvalue weighted by Crippen LogP contribution is 2.30. The van der Waals surface area contributed by atoms with Crippen LogP contribution in [0.4, 0.5) is 0 Å². The molecular formula is C26H50N2O6. The van der Waals surface area contributed by atoms with Crippen LogP contribution in [0, 0.1) is 11.8 Å². The van der Waals surface area contributed by atoms with E-state index in [2.05, 4.69) is 4.90 Å². The first-order valence-electron chi connectivity index (χ1n) is 13.5. The fourth-order valence-electron chi connectivity index (χ4n) is 5.50. The minimum Gasteiger partial charge on any atom is -0.513 e. The largest absolute Gasteiger partial charge is 0.513 e. The molecule has 2 aliphatic carbocycles. The minimum atomic E-state index is -0.673. The molecule has 2 aliphatic rings. The number of hydrogen-bond donors (Lipinski definition) is 6. The van der Waals surface area contributed by atoms with Gasteiger partial charge in [0.25, 0.3) is 0 Å². The summed E-state index contributed by atoms with van der Waals surface area (Å²) in [6, 6.07) is 0. The van der Waals surface area contributed by atoms with Crippen molar-refractivity contribution in [2.75, 3.05) is 39.4 Å². The van der Waals surface area contributed by atoms with Gasteiger partial charge >= 0.3 is 0 Å². The predicted octanol–water partition coefficient (Wildman–Crippen LogP) is 2.09. The molecule has 2 rings (SSSR count). The molecule has 0 aromatic carbocycles. The van der Waals surface area contributed by atoms with Crippen LogP contribution in [0.3, 0.4) is 0 Å². The number of rotatable bonds is 17. The molecule has 8 heteroatoms. The summed E-state index contributed by atoms with van der Waals surface area (Å²) >= 11 is 0. The van der Waals surface area contributed by atoms with Crippen LogP contribution in [0.1, 0.15) is 77.0 Å². The van der Waals surface area contributed by atoms with Crippen molar-refractivity contribution in [2.24, 2.45) is 17.6 Å². The molecule has 1 saturated carbocycles. The molecule has 34 heavy (non-hydrogen) atoms. The smallest absolute Gasteiger partial charge is 0.109 e. The van der Waals surface area contributed by atoms with E-state index in [1.165, 1.54) is 6.08 Å². The summed E-state index contributed by atoms with van der Waals surface area (Å²) in [5.41, 5.74) is 5.52. The topological polar surface area (TPSA) is 140 Å². The summed E-state index contributed by atoms with van der Waals surface area (Å²) in [5, 5.41) is 50.4. The lowest BCUT2D eigenvalue weighted by molar-refractivity contribution is -0.135. The van der Waals surface area contributed by atoms with E-state index >= 15 is 0 Å². The highest BCUT2D eigenvalue weighted by molar-refractivity contribution is 5.03. The van der Waals surface area contributed by atoms with Crippen molar-refractivity contribution in [3.05, 3.63) is 11.8 Å². The van der Waals surface area contributed by atoms with E-state index in [0.717, 1.165) is 71.0 Å². The number of aliphatic hydroxyl groups excluding tert-OH is 5. The third-order valence-electron chi connectivity index (χ3n) is 7.19. The summed E-state index contributed by atoms with van der Waals surface area (Å²) in [7, 11) is 0. The summed E-state index contributed by atoms with van der Waals surface area (Å²) in [5.74, 6) is 0.619. The molecule has 4 unspecified atom stereocenters. The first-order valence-corrected chi connectivity index (χ1v) is 13.5. The third-order valence-corrected chi connectivity index (χ3v) is 7.19. The van der Waals surface area contributed by atoms with E-state index < -0.39 is 24.4 Å². The Bertz CT molecular complexity index is 551. The van der Waals surface area contributed by atoms with Crippen LogP contribution in [-0.4, -0.2) is 94.2 Å². The molecule has 0 bridgehead atoms. The molecule has 0 heterocycles. The number of aliphatic hydroxyl groups is 5. The van der Waals surface area contributed by atoms with E-state index in [-0.39, 0.29) is 24.2 Å². The molecule has 0 radical (unpaired) electrons. The summed E-state index contributed by atoms with van der Waals surface area (Å²) in [6.07, 6.45) is 9.45. The second-order valence-electron chi connectivity index (χ2n) is 10.4. The maximum atomic E-state index is 10.7. The molecule has 0 aromatic rings. The number of hydrogen-bond acceptors (Lipinski definition) is 8. The van der Waals surface area contributed by atoms with E-state index in [1.807, 2.05) is 0 Å². The third kappa shape index (κ3) is 11.3. The highest BCUT2D eigenvalue weighted by atomic mass is 16.5. The van der Waals surface area contributed by atoms with Gasteiger partial charge in [0.2, 0.25) is 0 Å². The minimum absolute atomic E-state index is 0.171. The molecule has 1 fully saturated rings. The van der Waals surface area contributed by atoms with Gasteiger partial charge in [-0.25, -0.2) is 0 Å². The Balaban J connectivity index is 1.83. The summed E-state index contributed by atoms with van der Waals surface area (Å²) in [4.78, 5) is 2.37. The van der Waals surface area contributed by atoms with Crippen molar-refractivity contribution >= 4 is 0 Å². The van der Waals surface area contributed by atoms with Crippen molar-refractivity contribution in [1.82, 2.24) is 4.90 Å². The Hall–Kier alpha value is -0.740. The Labute approximate surface area is 205 Å². The zero-order chi connectivity index (χ0) is 24.8. The van der Waals surface area contributed by atoms with Crippen LogP contribution >= 0.6 is 0 Å². The molecule has 0 spiro atoms. The lowest BCUT2D eigenvalue weighted by atomic mass is 9.82. The number of allylic oxidation sites excluding steroid dienone is 1. The van der Waals surface area contributed by atoms with Gasteiger partial charge in [-0.15, -0.1) is 0 Å². The predicted molar refractivity (Wildman–Crippen MR) is 133 cm³/mol. The van der Waals surface area contributed by atoms with Gasteiger partial charge in [-0.3, -0.25) is 0 Å². The van der Waals surface area contributed by atoms with Crippen molar-refractivity contribution in [3.63, 3.8) is 0 Å². The Morgan fingerprint density at radius 2 is 1.50 bits per heavy atom. The van der Waals surface area contributed by atoms with Gasteiger partial charge in [0, 0.05) is 32.7 Å². The molecular weight excluding hydrogens is 436 g/mol. The number of ether oxygens (including phenoxy) is 1. The van der Waals surface area contributed by atoms with Crippen LogP contribution in [-0.2, 0) is 4.74 Å². The molecule has 8 nitrogen and oxygen atoms in total. The quantitative estimate of drug-likeness (QED) is 0.172. The van der Waals surface area contributed by atoms with Crippen LogP contribution in [0.2, 0.25) is 0 Å². The highest BCUT2D eigenvalue weighted by Gasteiger charge is 2.37. The Kier molecular flexibility index (Phi) is 14.6. The molecule has 4 atom stereocenters. The van der Waals surface area contributed by atoms with E-state index in [9.17, 15) is 20.4 Å². The van der Waals surface area contributed by atoms with Crippen LogP contribution < -0.4 is 5.73 Å². The second kappa shape index (κ2) is 16.8. The SMILES string of the molecule is NCCCCCCOC1C(O)CC(CN(CCCCCCO)CC2CC(O)=CC(O)C2)CC1O. The number of nitrogens with zero attached hydrogens (tertiary/aromatic N) is 1. The van der Waals surface area contributed by atoms with Crippen LogP contribution in [0.25, 0.3) is 0 Å². The molecule has 0 aliphatic heterocycles. The molecule has 0 saturated heterocycles. The standard InChI is InChI=1S/C26H50N2O6/c27-9-5-1-4-8-12-34-26-24(32)15-21(16-25(26)33)19-28(10-6-2-3-7-11-29)18-20-13-22(30)17-23(31)14-20/h17,20-22,24-26,29-33H,1-16,18-19,27H2. The van der Waals surface area contributed by atoms with Crippen molar-refractivity contribution in [3.8, 4) is 0 Å². The van der Waals surface area contributed by atoms with Gasteiger partial charge in [-0.2, -0.15) is 0 Å². The number of unbranched alkanes of at least 4 members (excludes halogenated alkanes) is 6. The summed E-state index contributed by atoms with van der Waals surface area (Å²) < 4.78 is 5.86. The average molecular weight is 487 g/mol. The molecule has 0 aromatic heterocycles. The Morgan fingerprint density at radius 3 is 2.18 bits per heavy atom. The maximum Gasteiger partial charge on any atom is 0.109 e. The second-order valence-corrected chi connectivity index (χ2v) is 10.4. The van der Waals surface area contributed by atoms with E-state index in [4.69, 9.17) is 15.6 Å². The molecule has 0 amide bonds. The van der Waals surface area contributed by atoms with E-state index in [1.54, 1.807) is 0 Å². The van der Waals surface area contributed by atoms with Crippen LogP contribution in [0.15, 0.2) is 11.8 Å². The normalized spacial score (nSPS) is 30.0. The van der Waals surface area contributed by atoms with Crippen molar-refractivity contribution in [2.45, 2.75) is 101 Å². The fraction of sp³-hybridized carbons (Fsp3) is 0.923. The average Bonchev–Trinajstić information content (AvgIpc) is 2.76. The van der Waals surface area contributed by atoms with Gasteiger partial charge in [-0.05, 0) is 75.9 Å². The van der Waals surface area contributed by atoms with Gasteiger partial charge < -0.3 is 40.9 Å². The van der Waals surface area contributed by atoms with Gasteiger partial charge in [0.15, 0.2) is 0 Å². The zero-order valence-corrected chi connectivity index (χ0v) is 20.9. The first kappa shape index (κ1) is 29.5. The van der Waals surface area contributed by atoms with Crippen LogP contribution in [0.5, 0.6) is 0 Å². The van der Waals surface area contributed by atoms with Crippen molar-refractivity contribution in [1.29, 1.82) is 0 Å². The van der Waals surface area contributed by atoms with Gasteiger partial charge in [-0.1, -0.05) is 25.7 Å². The summed E-state index contributed by atoms with van der Waals surface area (Å²) in [6.45, 7) is 3.94. The number of nitrogens with two attached hydrogens (primary N) is 1. The molecule has 7 N–H and O–H groups in total.